The topological polar surface area (TPSA) is 78.9 Å². The third-order valence-corrected chi connectivity index (χ3v) is 12.8. The molecule has 1 unspecified atom stereocenters. The van der Waals surface area contributed by atoms with Crippen LogP contribution in [0.3, 0.4) is 0 Å². The lowest BCUT2D eigenvalue weighted by atomic mass is 10.0. The average Bonchev–Trinajstić information content (AvgIpc) is 3.38. The first kappa shape index (κ1) is 68.3. The Morgan fingerprint density at radius 2 is 0.569 bits per heavy atom. The lowest BCUT2D eigenvalue weighted by Crippen LogP contribution is -2.30. The van der Waals surface area contributed by atoms with Gasteiger partial charge in [0.05, 0.1) is 0 Å². The van der Waals surface area contributed by atoms with E-state index < -0.39 is 6.10 Å². The minimum Gasteiger partial charge on any atom is -0.462 e. The summed E-state index contributed by atoms with van der Waals surface area (Å²) in [5, 5.41) is 0. The van der Waals surface area contributed by atoms with Crippen LogP contribution in [0.2, 0.25) is 0 Å². The van der Waals surface area contributed by atoms with Crippen LogP contribution in [-0.2, 0) is 28.6 Å². The Bertz CT molecular complexity index is 1430. The van der Waals surface area contributed by atoms with Crippen LogP contribution in [-0.4, -0.2) is 37.2 Å². The smallest absolute Gasteiger partial charge is 0.306 e. The third-order valence-electron chi connectivity index (χ3n) is 12.8. The molecule has 0 aromatic rings. The summed E-state index contributed by atoms with van der Waals surface area (Å²) in [6.07, 6.45) is 79.8. The molecule has 412 valence electrons. The second-order valence-electron chi connectivity index (χ2n) is 19.9. The van der Waals surface area contributed by atoms with E-state index in [9.17, 15) is 14.4 Å². The predicted octanol–water partition coefficient (Wildman–Crippen LogP) is 20.5. The van der Waals surface area contributed by atoms with Gasteiger partial charge in [-0.3, -0.25) is 14.4 Å². The standard InChI is InChI=1S/C66H112O6/c1-4-7-10-13-16-19-22-24-26-28-29-30-31-32-33-34-35-36-37-39-40-42-44-47-50-53-56-59-65(68)71-62-63(61-70-64(67)58-55-52-49-46-21-18-15-12-9-6-3)72-66(69)60-57-54-51-48-45-43-41-38-27-25-23-20-17-14-11-8-5-2/h7,10,12,15-17,19-20,24-27,29-30,32-33,63H,4-6,8-9,11,13-14,18,21-23,28,31,34-62H2,1-3H3/b10-7-,15-12-,19-16-,20-17-,26-24-,27-25-,30-29-,33-32-. The second kappa shape index (κ2) is 59.9. The van der Waals surface area contributed by atoms with Crippen LogP contribution >= 0.6 is 0 Å². The molecule has 0 aromatic carbocycles. The molecule has 0 aliphatic rings. The van der Waals surface area contributed by atoms with E-state index in [4.69, 9.17) is 14.2 Å². The van der Waals surface area contributed by atoms with Crippen molar-refractivity contribution in [1.29, 1.82) is 0 Å². The molecule has 0 aliphatic carbocycles. The van der Waals surface area contributed by atoms with Gasteiger partial charge in [-0.05, 0) is 116 Å². The van der Waals surface area contributed by atoms with Crippen LogP contribution in [0, 0.1) is 0 Å². The van der Waals surface area contributed by atoms with Gasteiger partial charge in [-0.2, -0.15) is 0 Å². The molecule has 6 nitrogen and oxygen atoms in total. The molecule has 0 radical (unpaired) electrons. The first-order valence-corrected chi connectivity index (χ1v) is 30.2. The van der Waals surface area contributed by atoms with E-state index in [1.165, 1.54) is 128 Å². The lowest BCUT2D eigenvalue weighted by molar-refractivity contribution is -0.167. The van der Waals surface area contributed by atoms with Crippen LogP contribution in [0.5, 0.6) is 0 Å². The molecule has 0 aromatic heterocycles. The number of allylic oxidation sites excluding steroid dienone is 16. The Kier molecular flexibility index (Phi) is 56.8. The molecule has 6 heteroatoms. The number of carbonyl (C=O) groups is 3. The third kappa shape index (κ3) is 57.2. The summed E-state index contributed by atoms with van der Waals surface area (Å²) in [6.45, 7) is 6.44. The van der Waals surface area contributed by atoms with Crippen molar-refractivity contribution in [2.75, 3.05) is 13.2 Å². The molecular weight excluding hydrogens is 889 g/mol. The minimum absolute atomic E-state index is 0.0845. The fourth-order valence-corrected chi connectivity index (χ4v) is 8.27. The number of hydrogen-bond acceptors (Lipinski definition) is 6. The highest BCUT2D eigenvalue weighted by Gasteiger charge is 2.19. The molecule has 0 fully saturated rings. The molecular formula is C66H112O6. The van der Waals surface area contributed by atoms with E-state index in [1.807, 2.05) is 0 Å². The Hall–Kier alpha value is -3.67. The molecule has 0 saturated heterocycles. The van der Waals surface area contributed by atoms with E-state index in [1.54, 1.807) is 0 Å². The Morgan fingerprint density at radius 1 is 0.292 bits per heavy atom. The zero-order valence-electron chi connectivity index (χ0n) is 47.2. The molecule has 1 atom stereocenters. The van der Waals surface area contributed by atoms with Gasteiger partial charge in [-0.25, -0.2) is 0 Å². The molecule has 0 saturated carbocycles. The van der Waals surface area contributed by atoms with Crippen molar-refractivity contribution in [2.45, 2.75) is 290 Å². The predicted molar refractivity (Wildman–Crippen MR) is 311 cm³/mol. The SMILES string of the molecule is CC/C=C\C/C=C\C/C=C\C/C=C\C/C=C\CCCCCCCCCCCCCC(=O)OCC(COC(=O)CCCCCCC/C=C\CCC)OC(=O)CCCCCCCCC/C=C\C/C=C\CCCCC. The average molecular weight is 1000 g/mol. The largest absolute Gasteiger partial charge is 0.462 e. The fourth-order valence-electron chi connectivity index (χ4n) is 8.27. The maximum atomic E-state index is 12.9. The van der Waals surface area contributed by atoms with Gasteiger partial charge < -0.3 is 14.2 Å². The van der Waals surface area contributed by atoms with E-state index in [0.717, 1.165) is 116 Å². The van der Waals surface area contributed by atoms with Gasteiger partial charge in [0.25, 0.3) is 0 Å². The maximum absolute atomic E-state index is 12.9. The summed E-state index contributed by atoms with van der Waals surface area (Å²) >= 11 is 0. The highest BCUT2D eigenvalue weighted by Crippen LogP contribution is 2.15. The zero-order valence-corrected chi connectivity index (χ0v) is 47.2. The van der Waals surface area contributed by atoms with Crippen LogP contribution < -0.4 is 0 Å². The summed E-state index contributed by atoms with van der Waals surface area (Å²) in [4.78, 5) is 38.1. The van der Waals surface area contributed by atoms with Crippen molar-refractivity contribution in [3.8, 4) is 0 Å². The van der Waals surface area contributed by atoms with Crippen molar-refractivity contribution >= 4 is 17.9 Å². The van der Waals surface area contributed by atoms with Gasteiger partial charge in [0.15, 0.2) is 6.10 Å². The molecule has 0 heterocycles. The van der Waals surface area contributed by atoms with Gasteiger partial charge in [-0.15, -0.1) is 0 Å². The fraction of sp³-hybridized carbons (Fsp3) is 0.712. The van der Waals surface area contributed by atoms with Gasteiger partial charge in [0, 0.05) is 19.3 Å². The summed E-state index contributed by atoms with van der Waals surface area (Å²) in [5.74, 6) is -0.901. The van der Waals surface area contributed by atoms with Crippen molar-refractivity contribution < 1.29 is 28.6 Å². The van der Waals surface area contributed by atoms with Crippen molar-refractivity contribution in [1.82, 2.24) is 0 Å². The van der Waals surface area contributed by atoms with Crippen LogP contribution in [0.4, 0.5) is 0 Å². The van der Waals surface area contributed by atoms with Crippen molar-refractivity contribution in [3.05, 3.63) is 97.2 Å². The van der Waals surface area contributed by atoms with Crippen LogP contribution in [0.15, 0.2) is 97.2 Å². The molecule has 0 N–H and O–H groups in total. The van der Waals surface area contributed by atoms with E-state index in [-0.39, 0.29) is 31.1 Å². The highest BCUT2D eigenvalue weighted by molar-refractivity contribution is 5.71. The van der Waals surface area contributed by atoms with Crippen molar-refractivity contribution in [3.63, 3.8) is 0 Å². The summed E-state index contributed by atoms with van der Waals surface area (Å²) in [7, 11) is 0. The number of esters is 3. The summed E-state index contributed by atoms with van der Waals surface area (Å²) < 4.78 is 16.8. The Balaban J connectivity index is 4.25. The maximum Gasteiger partial charge on any atom is 0.306 e. The number of unbranched alkanes of at least 4 members (excludes halogenated alkanes) is 27. The molecule has 0 aliphatic heterocycles. The second-order valence-corrected chi connectivity index (χ2v) is 19.9. The highest BCUT2D eigenvalue weighted by atomic mass is 16.6. The first-order chi connectivity index (χ1) is 35.5. The van der Waals surface area contributed by atoms with Crippen molar-refractivity contribution in [2.24, 2.45) is 0 Å². The lowest BCUT2D eigenvalue weighted by Gasteiger charge is -2.18. The quantitative estimate of drug-likeness (QED) is 0.0261. The zero-order chi connectivity index (χ0) is 52.2. The van der Waals surface area contributed by atoms with Gasteiger partial charge in [-0.1, -0.05) is 246 Å². The summed E-state index contributed by atoms with van der Waals surface area (Å²) in [6, 6.07) is 0. The first-order valence-electron chi connectivity index (χ1n) is 30.2. The van der Waals surface area contributed by atoms with Gasteiger partial charge in [0.2, 0.25) is 0 Å². The molecule has 0 rings (SSSR count). The molecule has 0 spiro atoms. The molecule has 0 amide bonds. The molecule has 0 bridgehead atoms. The van der Waals surface area contributed by atoms with Gasteiger partial charge >= 0.3 is 17.9 Å². The van der Waals surface area contributed by atoms with Crippen LogP contribution in [0.1, 0.15) is 284 Å². The van der Waals surface area contributed by atoms with E-state index in [0.29, 0.717) is 19.3 Å². The van der Waals surface area contributed by atoms with E-state index >= 15 is 0 Å². The number of rotatable bonds is 54. The minimum atomic E-state index is -0.786. The Labute approximate surface area is 445 Å². The number of hydrogen-bond donors (Lipinski definition) is 0. The number of ether oxygens (including phenoxy) is 3. The Morgan fingerprint density at radius 3 is 0.917 bits per heavy atom. The van der Waals surface area contributed by atoms with Crippen LogP contribution in [0.25, 0.3) is 0 Å². The molecule has 72 heavy (non-hydrogen) atoms. The van der Waals surface area contributed by atoms with E-state index in [2.05, 4.69) is 118 Å². The normalized spacial score (nSPS) is 12.8. The monoisotopic (exact) mass is 1000 g/mol. The summed E-state index contributed by atoms with van der Waals surface area (Å²) in [5.41, 5.74) is 0. The van der Waals surface area contributed by atoms with Gasteiger partial charge in [0.1, 0.15) is 13.2 Å². The number of carbonyl (C=O) groups excluding carboxylic acids is 3.